The molecular weight excluding hydrogens is 559 g/mol. The van der Waals surface area contributed by atoms with Gasteiger partial charge in [-0.05, 0) is 54.2 Å². The number of aryl methyl sites for hydroxylation is 2. The Labute approximate surface area is 237 Å². The van der Waals surface area contributed by atoms with Crippen LogP contribution in [0.25, 0.3) is 17.0 Å². The largest absolute Gasteiger partial charge is 0.477 e. The van der Waals surface area contributed by atoms with Crippen LogP contribution < -0.4 is 16.8 Å². The van der Waals surface area contributed by atoms with Crippen LogP contribution in [0.1, 0.15) is 55.7 Å². The molecule has 0 spiro atoms. The van der Waals surface area contributed by atoms with Gasteiger partial charge in [-0.3, -0.25) is 14.3 Å². The smallest absolute Gasteiger partial charge is 0.439 e. The topological polar surface area (TPSA) is 194 Å². The van der Waals surface area contributed by atoms with Crippen LogP contribution in [0.4, 0.5) is 4.39 Å². The number of carboxylic acid groups (broad SMARTS) is 1. The molecule has 1 atom stereocenters. The summed E-state index contributed by atoms with van der Waals surface area (Å²) in [5.41, 5.74) is 9.55. The molecule has 0 unspecified atom stereocenters. The third kappa shape index (κ3) is 6.13. The van der Waals surface area contributed by atoms with Crippen LogP contribution in [-0.4, -0.2) is 46.9 Å². The predicted molar refractivity (Wildman–Crippen MR) is 145 cm³/mol. The lowest BCUT2D eigenvalue weighted by molar-refractivity contribution is 0.0687. The van der Waals surface area contributed by atoms with E-state index in [9.17, 15) is 23.9 Å². The quantitative estimate of drug-likeness (QED) is 0.239. The molecule has 2 aromatic carbocycles. The highest BCUT2D eigenvalue weighted by atomic mass is 35.5. The molecule has 1 aliphatic carbocycles. The summed E-state index contributed by atoms with van der Waals surface area (Å²) in [7, 11) is 0. The van der Waals surface area contributed by atoms with Gasteiger partial charge >= 0.3 is 11.7 Å². The number of hydrogen-bond donors (Lipinski definition) is 4. The summed E-state index contributed by atoms with van der Waals surface area (Å²) in [6, 6.07) is 11.3. The number of halogens is 2. The Bertz CT molecular complexity index is 1800. The van der Waals surface area contributed by atoms with Gasteiger partial charge in [0.1, 0.15) is 11.5 Å². The van der Waals surface area contributed by atoms with E-state index in [1.165, 1.54) is 18.3 Å². The van der Waals surface area contributed by atoms with Gasteiger partial charge in [0.25, 0.3) is 5.91 Å². The normalized spacial score (nSPS) is 13.6. The van der Waals surface area contributed by atoms with Crippen molar-refractivity contribution in [1.29, 1.82) is 0 Å². The number of amides is 1. The number of rotatable bonds is 5. The van der Waals surface area contributed by atoms with Crippen LogP contribution in [0.2, 0.25) is 0 Å². The zero-order chi connectivity index (χ0) is 28.4. The zero-order valence-electron chi connectivity index (χ0n) is 21.5. The van der Waals surface area contributed by atoms with Crippen molar-refractivity contribution in [2.75, 3.05) is 0 Å². The van der Waals surface area contributed by atoms with E-state index >= 15 is 0 Å². The number of carboxylic acids is 1. The summed E-state index contributed by atoms with van der Waals surface area (Å²) in [6.07, 6.45) is 2.67. The third-order valence-corrected chi connectivity index (χ3v) is 6.42. The number of benzene rings is 2. The van der Waals surface area contributed by atoms with Gasteiger partial charge in [-0.1, -0.05) is 34.6 Å². The average Bonchev–Trinajstić information content (AvgIpc) is 3.69. The predicted octanol–water partition coefficient (Wildman–Crippen LogP) is 2.60. The van der Waals surface area contributed by atoms with Crippen LogP contribution >= 0.6 is 12.4 Å². The van der Waals surface area contributed by atoms with Gasteiger partial charge in [0.05, 0.1) is 12.2 Å². The van der Waals surface area contributed by atoms with Crippen molar-refractivity contribution in [2.24, 2.45) is 5.73 Å². The number of fused-ring (bicyclic) bond motifs is 2. The molecule has 0 aliphatic heterocycles. The number of nitrogens with one attached hydrogen (secondary N) is 2. The fraction of sp³-hybridized carbons (Fsp3) is 0.192. The Balaban J connectivity index is 0.000000300. The fourth-order valence-corrected chi connectivity index (χ4v) is 4.43. The highest BCUT2D eigenvalue weighted by Crippen LogP contribution is 2.33. The van der Waals surface area contributed by atoms with Crippen LogP contribution in [0.3, 0.4) is 0 Å². The van der Waals surface area contributed by atoms with E-state index in [0.29, 0.717) is 29.9 Å². The first-order chi connectivity index (χ1) is 19.2. The van der Waals surface area contributed by atoms with Gasteiger partial charge in [-0.25, -0.2) is 19.0 Å². The Morgan fingerprint density at radius 1 is 1.24 bits per heavy atom. The monoisotopic (exact) mass is 582 g/mol. The van der Waals surface area contributed by atoms with E-state index in [4.69, 9.17) is 5.73 Å². The molecule has 212 valence electrons. The second-order valence-electron chi connectivity index (χ2n) is 9.05. The maximum absolute atomic E-state index is 12.8. The number of carbonyl (C=O) groups is 2. The summed E-state index contributed by atoms with van der Waals surface area (Å²) in [6.45, 7) is 2.20. The summed E-state index contributed by atoms with van der Waals surface area (Å²) < 4.78 is 18.2. The first kappa shape index (κ1) is 29.0. The van der Waals surface area contributed by atoms with Crippen molar-refractivity contribution in [1.82, 2.24) is 35.3 Å². The second-order valence-corrected chi connectivity index (χ2v) is 9.05. The highest BCUT2D eigenvalue weighted by molar-refractivity contribution is 5.96. The second kappa shape index (κ2) is 12.1. The molecule has 5 aromatic rings. The molecule has 13 nitrogen and oxygen atoms in total. The molecule has 41 heavy (non-hydrogen) atoms. The average molecular weight is 583 g/mol. The van der Waals surface area contributed by atoms with Gasteiger partial charge < -0.3 is 16.2 Å². The maximum Gasteiger partial charge on any atom is 0.439 e. The molecule has 0 saturated heterocycles. The van der Waals surface area contributed by atoms with Crippen LogP contribution in [0.15, 0.2) is 58.0 Å². The summed E-state index contributed by atoms with van der Waals surface area (Å²) in [4.78, 5) is 42.0. The van der Waals surface area contributed by atoms with Crippen LogP contribution in [0, 0.1) is 12.7 Å². The van der Waals surface area contributed by atoms with E-state index in [0.717, 1.165) is 27.6 Å². The molecule has 6 rings (SSSR count). The highest BCUT2D eigenvalue weighted by Gasteiger charge is 2.26. The van der Waals surface area contributed by atoms with Crippen molar-refractivity contribution < 1.29 is 23.6 Å². The molecule has 0 radical (unpaired) electrons. The van der Waals surface area contributed by atoms with Gasteiger partial charge in [0.2, 0.25) is 0 Å². The van der Waals surface area contributed by atoms with Crippen LogP contribution in [0.5, 0.6) is 0 Å². The Kier molecular flexibility index (Phi) is 8.54. The molecule has 3 aromatic heterocycles. The maximum atomic E-state index is 12.8. The Hall–Kier alpha value is -4.95. The van der Waals surface area contributed by atoms with E-state index in [2.05, 4.69) is 35.3 Å². The Morgan fingerprint density at radius 2 is 2.05 bits per heavy atom. The van der Waals surface area contributed by atoms with Crippen molar-refractivity contribution in [2.45, 2.75) is 32.4 Å². The number of aromatic amines is 1. The lowest BCUT2D eigenvalue weighted by atomic mass is 10.0. The van der Waals surface area contributed by atoms with Crippen LogP contribution in [-0.2, 0) is 13.0 Å². The SMILES string of the molecule is Cc1cc(CN)ccc1F.Cl.O=C(N[C@H]1CCc2cc(-c3noc(=O)[nH]3)ccc21)c1cc(C(=O)O)n2nncc2n1. The molecule has 0 saturated carbocycles. The molecule has 3 heterocycles. The minimum Gasteiger partial charge on any atom is -0.477 e. The van der Waals surface area contributed by atoms with E-state index in [-0.39, 0.29) is 41.3 Å². The number of aromatic nitrogens is 6. The van der Waals surface area contributed by atoms with Gasteiger partial charge in [0.15, 0.2) is 17.2 Å². The third-order valence-electron chi connectivity index (χ3n) is 6.42. The number of hydrogen-bond acceptors (Lipinski definition) is 9. The van der Waals surface area contributed by atoms with Gasteiger partial charge in [-0.15, -0.1) is 17.5 Å². The summed E-state index contributed by atoms with van der Waals surface area (Å²) in [5.74, 6) is -2.20. The lowest BCUT2D eigenvalue weighted by Gasteiger charge is -2.14. The number of nitrogens with two attached hydrogens (primary N) is 1. The lowest BCUT2D eigenvalue weighted by Crippen LogP contribution is -2.28. The standard InChI is InChI=1S/C18H13N7O5.C8H10FN.ClH/c26-16(12-6-13(17(27)28)25-14(20-12)7-19-24-25)21-11-4-2-8-5-9(1-3-10(8)11)15-22-18(29)30-23-15;1-6-4-7(5-10)2-3-8(6)9;/h1,3,5-7,11H,2,4H2,(H,21,26)(H,27,28)(H,22,23,29);2-4H,5,10H2,1H3;1H/t11-;;/m0../s1. The molecule has 5 N–H and O–H groups in total. The minimum absolute atomic E-state index is 0. The number of H-pyrrole nitrogens is 1. The van der Waals surface area contributed by atoms with E-state index in [1.807, 2.05) is 12.1 Å². The molecular formula is C26H24ClFN8O5. The molecule has 1 aliphatic rings. The van der Waals surface area contributed by atoms with E-state index in [1.54, 1.807) is 25.1 Å². The van der Waals surface area contributed by atoms with Crippen molar-refractivity contribution in [3.8, 4) is 11.4 Å². The molecule has 1 amide bonds. The first-order valence-electron chi connectivity index (χ1n) is 12.1. The number of aromatic carboxylic acids is 1. The number of nitrogens with zero attached hydrogens (tertiary/aromatic N) is 5. The molecule has 0 fully saturated rings. The summed E-state index contributed by atoms with van der Waals surface area (Å²) >= 11 is 0. The molecule has 15 heteroatoms. The first-order valence-corrected chi connectivity index (χ1v) is 12.1. The van der Waals surface area contributed by atoms with Crippen molar-refractivity contribution in [3.05, 3.63) is 98.7 Å². The van der Waals surface area contributed by atoms with Gasteiger partial charge in [0, 0.05) is 18.2 Å². The van der Waals surface area contributed by atoms with E-state index < -0.39 is 17.6 Å². The summed E-state index contributed by atoms with van der Waals surface area (Å²) in [5, 5.41) is 23.2. The van der Waals surface area contributed by atoms with Crippen molar-refractivity contribution in [3.63, 3.8) is 0 Å². The number of carbonyl (C=O) groups excluding carboxylic acids is 1. The van der Waals surface area contributed by atoms with Crippen molar-refractivity contribution >= 4 is 29.9 Å². The minimum atomic E-state index is -1.24. The Morgan fingerprint density at radius 3 is 2.73 bits per heavy atom. The fourth-order valence-electron chi connectivity index (χ4n) is 4.43. The molecule has 0 bridgehead atoms. The zero-order valence-corrected chi connectivity index (χ0v) is 22.3. The van der Waals surface area contributed by atoms with Gasteiger partial charge in [-0.2, -0.15) is 4.52 Å².